The number of fused-ring (bicyclic) bond motifs is 1. The number of guanidine groups is 1. The normalized spacial score (nSPS) is 12.8. The van der Waals surface area contributed by atoms with Gasteiger partial charge in [0.2, 0.25) is 0 Å². The number of hydrogen-bond acceptors (Lipinski definition) is 5. The lowest BCUT2D eigenvalue weighted by Gasteiger charge is -2.14. The van der Waals surface area contributed by atoms with Crippen LogP contribution in [0.15, 0.2) is 40.7 Å². The van der Waals surface area contributed by atoms with Crippen LogP contribution in [0.4, 0.5) is 0 Å². The number of hydrogen-bond donors (Lipinski definition) is 3. The van der Waals surface area contributed by atoms with E-state index in [1.807, 2.05) is 12.1 Å². The fourth-order valence-electron chi connectivity index (χ4n) is 2.69. The molecule has 0 aliphatic rings. The first-order valence-corrected chi connectivity index (χ1v) is 10.8. The number of benzene rings is 1. The van der Waals surface area contributed by atoms with Crippen molar-refractivity contribution < 1.29 is 5.11 Å². The molecule has 2 heterocycles. The molecule has 152 valence electrons. The quantitative estimate of drug-likeness (QED) is 0.238. The van der Waals surface area contributed by atoms with Crippen LogP contribution in [0, 0.1) is 0 Å². The zero-order valence-electron chi connectivity index (χ0n) is 16.3. The number of nitrogens with zero attached hydrogens (tertiary/aromatic N) is 2. The minimum absolute atomic E-state index is 0. The molecule has 1 unspecified atom stereocenters. The van der Waals surface area contributed by atoms with E-state index < -0.39 is 6.10 Å². The van der Waals surface area contributed by atoms with Crippen LogP contribution in [0.1, 0.15) is 41.4 Å². The van der Waals surface area contributed by atoms with Crippen molar-refractivity contribution in [2.24, 2.45) is 4.99 Å². The summed E-state index contributed by atoms with van der Waals surface area (Å²) in [6, 6.07) is 10.2. The summed E-state index contributed by atoms with van der Waals surface area (Å²) in [5, 5.41) is 21.4. The molecule has 8 heteroatoms. The molecule has 2 aromatic heterocycles. The van der Waals surface area contributed by atoms with E-state index in [0.29, 0.717) is 18.4 Å². The van der Waals surface area contributed by atoms with Crippen molar-refractivity contribution in [2.75, 3.05) is 20.1 Å². The number of thiophene rings is 1. The Morgan fingerprint density at radius 2 is 2.04 bits per heavy atom. The average Bonchev–Trinajstić information content (AvgIpc) is 3.31. The van der Waals surface area contributed by atoms with Crippen LogP contribution in [-0.2, 0) is 6.42 Å². The van der Waals surface area contributed by atoms with Gasteiger partial charge in [-0.2, -0.15) is 0 Å². The van der Waals surface area contributed by atoms with Gasteiger partial charge in [-0.3, -0.25) is 4.99 Å². The molecule has 0 amide bonds. The van der Waals surface area contributed by atoms with E-state index in [-0.39, 0.29) is 24.0 Å². The van der Waals surface area contributed by atoms with Gasteiger partial charge in [-0.1, -0.05) is 32.0 Å². The molecule has 3 N–H and O–H groups in total. The summed E-state index contributed by atoms with van der Waals surface area (Å²) >= 11 is 3.35. The molecule has 5 nitrogen and oxygen atoms in total. The fraction of sp³-hybridized carbons (Fsp3) is 0.400. The molecule has 0 aliphatic heterocycles. The van der Waals surface area contributed by atoms with E-state index >= 15 is 0 Å². The maximum absolute atomic E-state index is 10.5. The summed E-state index contributed by atoms with van der Waals surface area (Å²) < 4.78 is 1.19. The predicted octanol–water partition coefficient (Wildman–Crippen LogP) is 4.54. The Hall–Kier alpha value is -1.23. The van der Waals surface area contributed by atoms with Crippen LogP contribution < -0.4 is 10.6 Å². The van der Waals surface area contributed by atoms with E-state index in [0.717, 1.165) is 23.5 Å². The van der Waals surface area contributed by atoms with Crippen molar-refractivity contribution >= 4 is 62.7 Å². The topological polar surface area (TPSA) is 69.5 Å². The molecule has 0 saturated carbocycles. The Balaban J connectivity index is 0.00000280. The molecule has 0 radical (unpaired) electrons. The first-order valence-electron chi connectivity index (χ1n) is 9.12. The summed E-state index contributed by atoms with van der Waals surface area (Å²) in [6.07, 6.45) is 0.288. The number of aliphatic hydroxyl groups is 1. The highest BCUT2D eigenvalue weighted by Crippen LogP contribution is 2.29. The predicted molar refractivity (Wildman–Crippen MR) is 131 cm³/mol. The van der Waals surface area contributed by atoms with Crippen molar-refractivity contribution in [3.63, 3.8) is 0 Å². The van der Waals surface area contributed by atoms with Gasteiger partial charge in [0.25, 0.3) is 0 Å². The van der Waals surface area contributed by atoms with Gasteiger partial charge in [0.15, 0.2) is 5.96 Å². The van der Waals surface area contributed by atoms with Crippen molar-refractivity contribution in [1.82, 2.24) is 15.6 Å². The van der Waals surface area contributed by atoms with E-state index in [1.165, 1.54) is 15.1 Å². The van der Waals surface area contributed by atoms with Crippen LogP contribution in [-0.4, -0.2) is 36.2 Å². The minimum Gasteiger partial charge on any atom is -0.386 e. The molecule has 0 bridgehead atoms. The third-order valence-electron chi connectivity index (χ3n) is 4.20. The standard InChI is InChI=1S/C20H26N4OS2.HI/c1-13(2)19-24-15(12-26-19)8-9-22-20(21-3)23-11-16(25)18-10-14-6-4-5-7-17(14)27-18;/h4-7,10,12-13,16,25H,8-9,11H2,1-3H3,(H2,21,22,23);1H. The summed E-state index contributed by atoms with van der Waals surface area (Å²) in [7, 11) is 1.74. The molecule has 3 rings (SSSR count). The molecule has 1 atom stereocenters. The molecule has 0 fully saturated rings. The van der Waals surface area contributed by atoms with Crippen LogP contribution in [0.3, 0.4) is 0 Å². The van der Waals surface area contributed by atoms with Gasteiger partial charge in [-0.05, 0) is 17.5 Å². The van der Waals surface area contributed by atoms with E-state index in [4.69, 9.17) is 0 Å². The third kappa shape index (κ3) is 6.13. The lowest BCUT2D eigenvalue weighted by Crippen LogP contribution is -2.40. The van der Waals surface area contributed by atoms with Crippen molar-refractivity contribution in [1.29, 1.82) is 0 Å². The van der Waals surface area contributed by atoms with Gasteiger partial charge in [-0.25, -0.2) is 4.98 Å². The van der Waals surface area contributed by atoms with Gasteiger partial charge in [0, 0.05) is 47.4 Å². The maximum atomic E-state index is 10.5. The second-order valence-electron chi connectivity index (χ2n) is 6.66. The fourth-order valence-corrected chi connectivity index (χ4v) is 4.61. The Bertz CT molecular complexity index is 873. The first-order chi connectivity index (χ1) is 13.1. The molecule has 1 aromatic carbocycles. The summed E-state index contributed by atoms with van der Waals surface area (Å²) in [6.45, 7) is 5.49. The van der Waals surface area contributed by atoms with Gasteiger partial charge in [-0.15, -0.1) is 46.7 Å². The van der Waals surface area contributed by atoms with E-state index in [9.17, 15) is 5.11 Å². The summed E-state index contributed by atoms with van der Waals surface area (Å²) in [5.41, 5.74) is 1.11. The minimum atomic E-state index is -0.562. The lowest BCUT2D eigenvalue weighted by atomic mass is 10.2. The Labute approximate surface area is 191 Å². The zero-order valence-corrected chi connectivity index (χ0v) is 20.3. The molecule has 3 aromatic rings. The Morgan fingerprint density at radius 1 is 1.25 bits per heavy atom. The highest BCUT2D eigenvalue weighted by atomic mass is 127. The summed E-state index contributed by atoms with van der Waals surface area (Å²) in [4.78, 5) is 9.84. The highest BCUT2D eigenvalue weighted by molar-refractivity contribution is 14.0. The van der Waals surface area contributed by atoms with E-state index in [2.05, 4.69) is 58.0 Å². The number of rotatable bonds is 7. The third-order valence-corrected chi connectivity index (χ3v) is 6.61. The molecular formula is C20H27IN4OS2. The van der Waals surface area contributed by atoms with Crippen LogP contribution in [0.2, 0.25) is 0 Å². The number of thiazole rings is 1. The molecule has 0 saturated heterocycles. The molecule has 0 spiro atoms. The smallest absolute Gasteiger partial charge is 0.191 e. The van der Waals surface area contributed by atoms with Gasteiger partial charge < -0.3 is 15.7 Å². The Morgan fingerprint density at radius 3 is 2.71 bits per heavy atom. The zero-order chi connectivity index (χ0) is 19.2. The highest BCUT2D eigenvalue weighted by Gasteiger charge is 2.12. The van der Waals surface area contributed by atoms with E-state index in [1.54, 1.807) is 29.7 Å². The maximum Gasteiger partial charge on any atom is 0.191 e. The largest absolute Gasteiger partial charge is 0.386 e. The van der Waals surface area contributed by atoms with Crippen LogP contribution in [0.25, 0.3) is 10.1 Å². The van der Waals surface area contributed by atoms with Crippen molar-refractivity contribution in [3.8, 4) is 0 Å². The number of aliphatic hydroxyl groups excluding tert-OH is 1. The van der Waals surface area contributed by atoms with Gasteiger partial charge >= 0.3 is 0 Å². The van der Waals surface area contributed by atoms with Gasteiger partial charge in [0.1, 0.15) is 6.10 Å². The van der Waals surface area contributed by atoms with Crippen LogP contribution in [0.5, 0.6) is 0 Å². The molecule has 28 heavy (non-hydrogen) atoms. The lowest BCUT2D eigenvalue weighted by molar-refractivity contribution is 0.184. The SMILES string of the molecule is CN=C(NCCc1csc(C(C)C)n1)NCC(O)c1cc2ccccc2s1.I. The van der Waals surface area contributed by atoms with Crippen molar-refractivity contribution in [3.05, 3.63) is 51.3 Å². The first kappa shape index (κ1) is 23.1. The molecule has 0 aliphatic carbocycles. The number of halogens is 1. The number of nitrogens with one attached hydrogen (secondary N) is 2. The van der Waals surface area contributed by atoms with Gasteiger partial charge in [0.05, 0.1) is 10.7 Å². The average molecular weight is 531 g/mol. The van der Waals surface area contributed by atoms with Crippen molar-refractivity contribution in [2.45, 2.75) is 32.3 Å². The van der Waals surface area contributed by atoms with Crippen LogP contribution >= 0.6 is 46.7 Å². The second kappa shape index (κ2) is 11.1. The Kier molecular flexibility index (Phi) is 9.13. The summed E-state index contributed by atoms with van der Waals surface area (Å²) in [5.74, 6) is 1.16. The second-order valence-corrected chi connectivity index (χ2v) is 8.67. The molecular weight excluding hydrogens is 503 g/mol. The monoisotopic (exact) mass is 530 g/mol. The number of aliphatic imine (C=N–C) groups is 1. The number of aromatic nitrogens is 1.